The molecule has 0 fully saturated rings. The van der Waals surface area contributed by atoms with E-state index in [0.717, 1.165) is 6.07 Å². The van der Waals surface area contributed by atoms with Gasteiger partial charge in [-0.15, -0.1) is 11.3 Å². The van der Waals surface area contributed by atoms with Gasteiger partial charge < -0.3 is 15.8 Å². The zero-order valence-electron chi connectivity index (χ0n) is 21.5. The monoisotopic (exact) mass is 587 g/mol. The van der Waals surface area contributed by atoms with Crippen molar-refractivity contribution < 1.29 is 31.9 Å². The van der Waals surface area contributed by atoms with Gasteiger partial charge in [0.25, 0.3) is 11.8 Å². The molecule has 0 aliphatic carbocycles. The lowest BCUT2D eigenvalue weighted by Crippen LogP contribution is -2.18. The zero-order chi connectivity index (χ0) is 29.5. The summed E-state index contributed by atoms with van der Waals surface area (Å²) in [5, 5.41) is 11.2. The molecule has 212 valence electrons. The topological polar surface area (TPSA) is 130 Å². The Bertz CT molecular complexity index is 1770. The number of anilines is 1. The maximum atomic E-state index is 13.8. The van der Waals surface area contributed by atoms with E-state index in [1.165, 1.54) is 41.2 Å². The van der Waals surface area contributed by atoms with Crippen molar-refractivity contribution in [2.24, 2.45) is 5.73 Å². The van der Waals surface area contributed by atoms with Crippen LogP contribution in [0.15, 0.2) is 48.8 Å². The number of thiophene rings is 1. The summed E-state index contributed by atoms with van der Waals surface area (Å²) < 4.78 is 62.9. The van der Waals surface area contributed by atoms with Crippen molar-refractivity contribution >= 4 is 39.1 Å². The molecule has 0 bridgehead atoms. The Kier molecular flexibility index (Phi) is 7.21. The third-order valence-electron chi connectivity index (χ3n) is 6.03. The molecule has 3 N–H and O–H groups in total. The molecule has 0 saturated heterocycles. The SMILES string of the molecule is CCn1cc(-c2cc(C(F)(F)F)nc3sc(C(N)=O)c(NC(=O)c4ccn(COc5ccc(F)cc5)n4)c23)c(C)n1. The highest BCUT2D eigenvalue weighted by Gasteiger charge is 2.35. The molecule has 0 saturated carbocycles. The second kappa shape index (κ2) is 10.6. The lowest BCUT2D eigenvalue weighted by atomic mass is 10.0. The van der Waals surface area contributed by atoms with E-state index < -0.39 is 29.5 Å². The van der Waals surface area contributed by atoms with Crippen LogP contribution in [0.25, 0.3) is 21.3 Å². The van der Waals surface area contributed by atoms with Crippen LogP contribution in [0.4, 0.5) is 23.2 Å². The number of nitrogens with two attached hydrogens (primary N) is 1. The second-order valence-electron chi connectivity index (χ2n) is 8.81. The van der Waals surface area contributed by atoms with Crippen LogP contribution in [-0.2, 0) is 19.5 Å². The fraction of sp³-hybridized carbons (Fsp3) is 0.192. The van der Waals surface area contributed by atoms with Crippen molar-refractivity contribution in [2.45, 2.75) is 33.3 Å². The van der Waals surface area contributed by atoms with Gasteiger partial charge in [0.15, 0.2) is 12.4 Å². The van der Waals surface area contributed by atoms with Crippen molar-refractivity contribution in [3.63, 3.8) is 0 Å². The fourth-order valence-electron chi connectivity index (χ4n) is 4.10. The summed E-state index contributed by atoms with van der Waals surface area (Å²) in [6.45, 7) is 3.84. The number of aromatic nitrogens is 5. The smallest absolute Gasteiger partial charge is 0.433 e. The van der Waals surface area contributed by atoms with Crippen LogP contribution in [0.3, 0.4) is 0 Å². The van der Waals surface area contributed by atoms with Gasteiger partial charge in [-0.3, -0.25) is 14.3 Å². The molecule has 15 heteroatoms. The number of pyridine rings is 1. The first-order valence-corrected chi connectivity index (χ1v) is 12.9. The number of rotatable bonds is 8. The average molecular weight is 588 g/mol. The molecular weight excluding hydrogens is 566 g/mol. The van der Waals surface area contributed by atoms with Crippen molar-refractivity contribution in [1.82, 2.24) is 24.5 Å². The fourth-order valence-corrected chi connectivity index (χ4v) is 5.10. The Labute approximate surface area is 233 Å². The molecule has 0 spiro atoms. The molecule has 0 atom stereocenters. The van der Waals surface area contributed by atoms with Crippen LogP contribution in [0.2, 0.25) is 0 Å². The first kappa shape index (κ1) is 27.8. The van der Waals surface area contributed by atoms with Gasteiger partial charge >= 0.3 is 6.18 Å². The summed E-state index contributed by atoms with van der Waals surface area (Å²) >= 11 is 0.639. The number of aryl methyl sites for hydroxylation is 2. The number of carbonyl (C=O) groups excluding carboxylic acids is 2. The van der Waals surface area contributed by atoms with Crippen molar-refractivity contribution in [2.75, 3.05) is 5.32 Å². The first-order valence-electron chi connectivity index (χ1n) is 12.1. The van der Waals surface area contributed by atoms with Gasteiger partial charge in [-0.2, -0.15) is 23.4 Å². The van der Waals surface area contributed by atoms with E-state index >= 15 is 0 Å². The highest BCUT2D eigenvalue weighted by atomic mass is 32.1. The van der Waals surface area contributed by atoms with Crippen LogP contribution >= 0.6 is 11.3 Å². The normalized spacial score (nSPS) is 11.7. The number of primary amides is 1. The summed E-state index contributed by atoms with van der Waals surface area (Å²) in [6.07, 6.45) is -1.73. The van der Waals surface area contributed by atoms with Crippen LogP contribution < -0.4 is 15.8 Å². The number of hydrogen-bond donors (Lipinski definition) is 2. The van der Waals surface area contributed by atoms with Gasteiger partial charge in [0.05, 0.1) is 11.4 Å². The number of hydrogen-bond acceptors (Lipinski definition) is 7. The predicted molar refractivity (Wildman–Crippen MR) is 142 cm³/mol. The van der Waals surface area contributed by atoms with Crippen LogP contribution in [-0.4, -0.2) is 36.4 Å². The number of amides is 2. The predicted octanol–water partition coefficient (Wildman–Crippen LogP) is 5.23. The van der Waals surface area contributed by atoms with E-state index in [1.54, 1.807) is 17.8 Å². The molecule has 0 aliphatic heterocycles. The lowest BCUT2D eigenvalue weighted by molar-refractivity contribution is -0.140. The Morgan fingerprint density at radius 2 is 1.83 bits per heavy atom. The van der Waals surface area contributed by atoms with E-state index in [1.807, 2.05) is 6.92 Å². The maximum absolute atomic E-state index is 13.8. The number of nitrogens with one attached hydrogen (secondary N) is 1. The molecule has 0 radical (unpaired) electrons. The zero-order valence-corrected chi connectivity index (χ0v) is 22.3. The summed E-state index contributed by atoms with van der Waals surface area (Å²) in [4.78, 5) is 29.0. The van der Waals surface area contributed by atoms with E-state index in [2.05, 4.69) is 20.5 Å². The second-order valence-corrected chi connectivity index (χ2v) is 9.81. The first-order chi connectivity index (χ1) is 19.4. The van der Waals surface area contributed by atoms with E-state index in [9.17, 15) is 27.2 Å². The number of halogens is 4. The van der Waals surface area contributed by atoms with Crippen LogP contribution in [0.5, 0.6) is 5.75 Å². The maximum Gasteiger partial charge on any atom is 0.433 e. The molecule has 1 aromatic carbocycles. The highest BCUT2D eigenvalue weighted by molar-refractivity contribution is 7.21. The van der Waals surface area contributed by atoms with Gasteiger partial charge in [-0.25, -0.2) is 14.1 Å². The number of fused-ring (bicyclic) bond motifs is 1. The Balaban J connectivity index is 1.54. The van der Waals surface area contributed by atoms with Gasteiger partial charge in [-0.05, 0) is 55.8 Å². The third kappa shape index (κ3) is 5.61. The number of carbonyl (C=O) groups is 2. The number of nitrogens with zero attached hydrogens (tertiary/aromatic N) is 5. The van der Waals surface area contributed by atoms with Crippen molar-refractivity contribution in [3.8, 4) is 16.9 Å². The molecule has 0 aliphatic rings. The minimum absolute atomic E-state index is 0.0705. The van der Waals surface area contributed by atoms with Crippen LogP contribution in [0.1, 0.15) is 38.5 Å². The van der Waals surface area contributed by atoms with Crippen molar-refractivity contribution in [3.05, 3.63) is 76.6 Å². The van der Waals surface area contributed by atoms with Gasteiger partial charge in [0, 0.05) is 29.9 Å². The lowest BCUT2D eigenvalue weighted by Gasteiger charge is -2.11. The minimum Gasteiger partial charge on any atom is -0.471 e. The number of ether oxygens (including phenoxy) is 1. The summed E-state index contributed by atoms with van der Waals surface area (Å²) in [6, 6.07) is 7.57. The Morgan fingerprint density at radius 3 is 2.46 bits per heavy atom. The number of benzene rings is 1. The average Bonchev–Trinajstić information content (AvgIpc) is 3.64. The third-order valence-corrected chi connectivity index (χ3v) is 7.12. The Morgan fingerprint density at radius 1 is 1.10 bits per heavy atom. The molecule has 4 aromatic heterocycles. The number of alkyl halides is 3. The largest absolute Gasteiger partial charge is 0.471 e. The standard InChI is InChI=1S/C26H21F4N7O3S/c1-3-36-11-17(13(2)34-36)16-10-19(26(28,29)30)32-25-20(16)21(22(41-25)23(31)38)33-24(39)18-8-9-37(35-18)12-40-15-6-4-14(27)5-7-15/h4-11H,3,12H2,1-2H3,(H2,31,38)(H,33,39). The van der Waals surface area contributed by atoms with E-state index in [-0.39, 0.29) is 38.8 Å². The Hall–Kier alpha value is -4.79. The van der Waals surface area contributed by atoms with Gasteiger partial charge in [0.2, 0.25) is 0 Å². The van der Waals surface area contributed by atoms with Gasteiger partial charge in [0.1, 0.15) is 27.0 Å². The molecule has 10 nitrogen and oxygen atoms in total. The van der Waals surface area contributed by atoms with E-state index in [0.29, 0.717) is 34.9 Å². The minimum atomic E-state index is -4.78. The molecule has 5 aromatic rings. The van der Waals surface area contributed by atoms with Gasteiger partial charge in [-0.1, -0.05) is 0 Å². The van der Waals surface area contributed by atoms with Crippen molar-refractivity contribution in [1.29, 1.82) is 0 Å². The highest BCUT2D eigenvalue weighted by Crippen LogP contribution is 2.44. The molecule has 4 heterocycles. The summed E-state index contributed by atoms with van der Waals surface area (Å²) in [7, 11) is 0. The molecule has 41 heavy (non-hydrogen) atoms. The summed E-state index contributed by atoms with van der Waals surface area (Å²) in [5.41, 5.74) is 5.13. The van der Waals surface area contributed by atoms with E-state index in [4.69, 9.17) is 10.5 Å². The summed E-state index contributed by atoms with van der Waals surface area (Å²) in [5.74, 6) is -1.75. The molecular formula is C26H21F4N7O3S. The van der Waals surface area contributed by atoms with Crippen LogP contribution in [0, 0.1) is 12.7 Å². The quantitative estimate of drug-likeness (QED) is 0.239. The molecule has 0 unspecified atom stereocenters. The molecule has 5 rings (SSSR count). The molecule has 2 amide bonds.